The SMILES string of the molecule is CSCc1cccc(C(=O)Nc2ccc(F)c(F)c2)c1. The summed E-state index contributed by atoms with van der Waals surface area (Å²) in [7, 11) is 0. The van der Waals surface area contributed by atoms with Gasteiger partial charge in [-0.05, 0) is 36.1 Å². The molecular weight excluding hydrogens is 280 g/mol. The molecule has 5 heteroatoms. The van der Waals surface area contributed by atoms with Crippen molar-refractivity contribution in [1.82, 2.24) is 0 Å². The van der Waals surface area contributed by atoms with Crippen molar-refractivity contribution in [3.63, 3.8) is 0 Å². The van der Waals surface area contributed by atoms with Gasteiger partial charge >= 0.3 is 0 Å². The molecule has 0 saturated carbocycles. The van der Waals surface area contributed by atoms with Crippen LogP contribution >= 0.6 is 11.8 Å². The number of thioether (sulfide) groups is 1. The number of carbonyl (C=O) groups is 1. The molecule has 1 N–H and O–H groups in total. The fourth-order valence-electron chi connectivity index (χ4n) is 1.75. The summed E-state index contributed by atoms with van der Waals surface area (Å²) in [5.41, 5.74) is 1.75. The summed E-state index contributed by atoms with van der Waals surface area (Å²) < 4.78 is 25.9. The summed E-state index contributed by atoms with van der Waals surface area (Å²) in [6.45, 7) is 0. The minimum absolute atomic E-state index is 0.226. The molecule has 2 nitrogen and oxygen atoms in total. The molecule has 1 amide bonds. The zero-order valence-corrected chi connectivity index (χ0v) is 11.6. The molecule has 0 fully saturated rings. The smallest absolute Gasteiger partial charge is 0.255 e. The molecule has 0 aliphatic heterocycles. The predicted octanol–water partition coefficient (Wildman–Crippen LogP) is 4.08. The third kappa shape index (κ3) is 3.57. The monoisotopic (exact) mass is 293 g/mol. The van der Waals surface area contributed by atoms with Crippen molar-refractivity contribution in [2.75, 3.05) is 11.6 Å². The van der Waals surface area contributed by atoms with Crippen molar-refractivity contribution >= 4 is 23.4 Å². The molecule has 0 heterocycles. The van der Waals surface area contributed by atoms with E-state index in [1.807, 2.05) is 12.3 Å². The highest BCUT2D eigenvalue weighted by atomic mass is 32.2. The third-order valence-corrected chi connectivity index (χ3v) is 3.30. The molecule has 0 aliphatic carbocycles. The summed E-state index contributed by atoms with van der Waals surface area (Å²) in [6, 6.07) is 10.5. The lowest BCUT2D eigenvalue weighted by Crippen LogP contribution is -2.12. The molecule has 0 saturated heterocycles. The standard InChI is InChI=1S/C15H13F2NOS/c1-20-9-10-3-2-4-11(7-10)15(19)18-12-5-6-13(16)14(17)8-12/h2-8H,9H2,1H3,(H,18,19). The van der Waals surface area contributed by atoms with E-state index in [4.69, 9.17) is 0 Å². The van der Waals surface area contributed by atoms with Gasteiger partial charge in [-0.15, -0.1) is 0 Å². The normalized spacial score (nSPS) is 10.3. The molecule has 104 valence electrons. The van der Waals surface area contributed by atoms with E-state index in [9.17, 15) is 13.6 Å². The van der Waals surface area contributed by atoms with E-state index in [1.165, 1.54) is 6.07 Å². The lowest BCUT2D eigenvalue weighted by Gasteiger charge is -2.07. The summed E-state index contributed by atoms with van der Waals surface area (Å²) >= 11 is 1.66. The summed E-state index contributed by atoms with van der Waals surface area (Å²) in [5.74, 6) is -1.46. The molecule has 2 aromatic carbocycles. The van der Waals surface area contributed by atoms with Crippen LogP contribution in [0.1, 0.15) is 15.9 Å². The van der Waals surface area contributed by atoms with E-state index in [0.29, 0.717) is 5.56 Å². The molecule has 0 atom stereocenters. The second kappa shape index (κ2) is 6.52. The van der Waals surface area contributed by atoms with Crippen molar-refractivity contribution < 1.29 is 13.6 Å². The number of hydrogen-bond donors (Lipinski definition) is 1. The number of carbonyl (C=O) groups excluding carboxylic acids is 1. The van der Waals surface area contributed by atoms with Crippen LogP contribution in [-0.4, -0.2) is 12.2 Å². The maximum atomic E-state index is 13.1. The third-order valence-electron chi connectivity index (χ3n) is 2.68. The highest BCUT2D eigenvalue weighted by Crippen LogP contribution is 2.16. The Morgan fingerprint density at radius 2 is 1.95 bits per heavy atom. The average molecular weight is 293 g/mol. The summed E-state index contributed by atoms with van der Waals surface area (Å²) in [4.78, 5) is 12.0. The van der Waals surface area contributed by atoms with Crippen molar-refractivity contribution in [3.8, 4) is 0 Å². The first-order valence-corrected chi connectivity index (χ1v) is 7.34. The quantitative estimate of drug-likeness (QED) is 0.920. The Bertz CT molecular complexity index is 631. The van der Waals surface area contributed by atoms with E-state index < -0.39 is 11.6 Å². The Balaban J connectivity index is 2.15. The molecule has 2 aromatic rings. The van der Waals surface area contributed by atoms with Crippen LogP contribution in [0.4, 0.5) is 14.5 Å². The second-order valence-electron chi connectivity index (χ2n) is 4.22. The molecule has 2 rings (SSSR count). The minimum Gasteiger partial charge on any atom is -0.322 e. The van der Waals surface area contributed by atoms with E-state index in [-0.39, 0.29) is 11.6 Å². The fraction of sp³-hybridized carbons (Fsp3) is 0.133. The van der Waals surface area contributed by atoms with Crippen LogP contribution in [-0.2, 0) is 5.75 Å². The van der Waals surface area contributed by atoms with Crippen LogP contribution in [0, 0.1) is 11.6 Å². The van der Waals surface area contributed by atoms with Crippen LogP contribution in [0.15, 0.2) is 42.5 Å². The number of anilines is 1. The van der Waals surface area contributed by atoms with Crippen LogP contribution in [0.25, 0.3) is 0 Å². The van der Waals surface area contributed by atoms with E-state index >= 15 is 0 Å². The lowest BCUT2D eigenvalue weighted by atomic mass is 10.1. The average Bonchev–Trinajstić information content (AvgIpc) is 2.43. The van der Waals surface area contributed by atoms with Gasteiger partial charge in [-0.2, -0.15) is 11.8 Å². The van der Waals surface area contributed by atoms with Gasteiger partial charge in [-0.3, -0.25) is 4.79 Å². The molecular formula is C15H13F2NOS. The Kier molecular flexibility index (Phi) is 4.74. The lowest BCUT2D eigenvalue weighted by molar-refractivity contribution is 0.102. The predicted molar refractivity (Wildman–Crippen MR) is 78.0 cm³/mol. The van der Waals surface area contributed by atoms with E-state index in [1.54, 1.807) is 30.0 Å². The molecule has 0 bridgehead atoms. The molecule has 0 unspecified atom stereocenters. The van der Waals surface area contributed by atoms with E-state index in [0.717, 1.165) is 23.4 Å². The largest absolute Gasteiger partial charge is 0.322 e. The van der Waals surface area contributed by atoms with Crippen LogP contribution in [0.2, 0.25) is 0 Å². The number of hydrogen-bond acceptors (Lipinski definition) is 2. The van der Waals surface area contributed by atoms with Gasteiger partial charge in [0.15, 0.2) is 11.6 Å². The zero-order valence-electron chi connectivity index (χ0n) is 10.8. The maximum Gasteiger partial charge on any atom is 0.255 e. The van der Waals surface area contributed by atoms with Gasteiger partial charge in [0, 0.05) is 23.1 Å². The van der Waals surface area contributed by atoms with Crippen LogP contribution < -0.4 is 5.32 Å². The van der Waals surface area contributed by atoms with Gasteiger partial charge in [0.2, 0.25) is 0 Å². The number of amides is 1. The Morgan fingerprint density at radius 1 is 1.15 bits per heavy atom. The van der Waals surface area contributed by atoms with Crippen molar-refractivity contribution in [1.29, 1.82) is 0 Å². The maximum absolute atomic E-state index is 13.1. The Labute approximate surface area is 120 Å². The molecule has 0 aliphatic rings. The minimum atomic E-state index is -0.987. The van der Waals surface area contributed by atoms with Gasteiger partial charge in [-0.1, -0.05) is 12.1 Å². The molecule has 0 radical (unpaired) electrons. The van der Waals surface area contributed by atoms with Crippen molar-refractivity contribution in [2.24, 2.45) is 0 Å². The zero-order chi connectivity index (χ0) is 14.5. The first-order chi connectivity index (χ1) is 9.60. The van der Waals surface area contributed by atoms with Crippen molar-refractivity contribution in [3.05, 3.63) is 65.2 Å². The highest BCUT2D eigenvalue weighted by Gasteiger charge is 2.09. The molecule has 0 aromatic heterocycles. The Hall–Kier alpha value is -1.88. The topological polar surface area (TPSA) is 29.1 Å². The molecule has 20 heavy (non-hydrogen) atoms. The second-order valence-corrected chi connectivity index (χ2v) is 5.08. The van der Waals surface area contributed by atoms with Gasteiger partial charge in [-0.25, -0.2) is 8.78 Å². The van der Waals surface area contributed by atoms with Gasteiger partial charge in [0.25, 0.3) is 5.91 Å². The van der Waals surface area contributed by atoms with E-state index in [2.05, 4.69) is 5.32 Å². The Morgan fingerprint density at radius 3 is 2.65 bits per heavy atom. The number of rotatable bonds is 4. The highest BCUT2D eigenvalue weighted by molar-refractivity contribution is 7.97. The van der Waals surface area contributed by atoms with Gasteiger partial charge in [0.1, 0.15) is 0 Å². The summed E-state index contributed by atoms with van der Waals surface area (Å²) in [6.07, 6.45) is 1.98. The molecule has 0 spiro atoms. The van der Waals surface area contributed by atoms with Crippen LogP contribution in [0.5, 0.6) is 0 Å². The van der Waals surface area contributed by atoms with Gasteiger partial charge < -0.3 is 5.32 Å². The number of nitrogens with one attached hydrogen (secondary N) is 1. The summed E-state index contributed by atoms with van der Waals surface area (Å²) in [5, 5.41) is 2.54. The first-order valence-electron chi connectivity index (χ1n) is 5.94. The van der Waals surface area contributed by atoms with Crippen LogP contribution in [0.3, 0.4) is 0 Å². The van der Waals surface area contributed by atoms with Gasteiger partial charge in [0.05, 0.1) is 0 Å². The number of halogens is 2. The fourth-order valence-corrected chi connectivity index (χ4v) is 2.26. The first kappa shape index (κ1) is 14.5. The van der Waals surface area contributed by atoms with Crippen molar-refractivity contribution in [2.45, 2.75) is 5.75 Å². The number of benzene rings is 2.